The monoisotopic (exact) mass is 404 g/mol. The van der Waals surface area contributed by atoms with Gasteiger partial charge in [-0.3, -0.25) is 4.79 Å². The summed E-state index contributed by atoms with van der Waals surface area (Å²) in [4.78, 5) is 13.0. The highest BCUT2D eigenvalue weighted by molar-refractivity contribution is 5.77. The summed E-state index contributed by atoms with van der Waals surface area (Å²) < 4.78 is 36.1. The van der Waals surface area contributed by atoms with Crippen LogP contribution in [-0.2, 0) is 33.2 Å². The van der Waals surface area contributed by atoms with Crippen LogP contribution in [0.2, 0.25) is 0 Å². The molecule has 1 aromatic rings. The number of hydrogen-bond acceptors (Lipinski definition) is 7. The molecule has 6 atom stereocenters. The van der Waals surface area contributed by atoms with Gasteiger partial charge in [-0.05, 0) is 45.6 Å². The Balaban J connectivity index is 1.37. The van der Waals surface area contributed by atoms with Crippen LogP contribution in [0.1, 0.15) is 45.6 Å². The molecular formula is C22H28O7. The van der Waals surface area contributed by atoms with Crippen molar-refractivity contribution in [3.63, 3.8) is 0 Å². The zero-order chi connectivity index (χ0) is 20.4. The van der Waals surface area contributed by atoms with Crippen molar-refractivity contribution in [2.45, 2.75) is 75.7 Å². The molecule has 7 heteroatoms. The van der Waals surface area contributed by atoms with Crippen LogP contribution in [0.15, 0.2) is 30.3 Å². The van der Waals surface area contributed by atoms with Gasteiger partial charge in [-0.1, -0.05) is 30.3 Å². The first kappa shape index (κ1) is 19.5. The van der Waals surface area contributed by atoms with E-state index >= 15 is 0 Å². The molecule has 0 amide bonds. The van der Waals surface area contributed by atoms with E-state index in [1.54, 1.807) is 0 Å². The van der Waals surface area contributed by atoms with E-state index in [9.17, 15) is 4.79 Å². The van der Waals surface area contributed by atoms with Gasteiger partial charge in [0.25, 0.3) is 0 Å². The number of hydrogen-bond donors (Lipinski definition) is 0. The Kier molecular flexibility index (Phi) is 4.35. The highest BCUT2D eigenvalue weighted by atomic mass is 16.9. The molecule has 7 nitrogen and oxygen atoms in total. The van der Waals surface area contributed by atoms with Crippen LogP contribution in [0, 0.1) is 5.92 Å². The van der Waals surface area contributed by atoms with Crippen LogP contribution in [0.5, 0.6) is 0 Å². The number of esters is 1. The topological polar surface area (TPSA) is 72.5 Å². The third-order valence-electron chi connectivity index (χ3n) is 6.05. The Hall–Kier alpha value is -1.51. The molecule has 29 heavy (non-hydrogen) atoms. The van der Waals surface area contributed by atoms with Crippen LogP contribution in [0.3, 0.4) is 0 Å². The molecule has 0 radical (unpaired) electrons. The van der Waals surface area contributed by atoms with E-state index < -0.39 is 29.6 Å². The highest BCUT2D eigenvalue weighted by Gasteiger charge is 2.65. The van der Waals surface area contributed by atoms with Crippen LogP contribution in [-0.4, -0.2) is 54.9 Å². The number of carbonyl (C=O) groups excluding carboxylic acids is 1. The average molecular weight is 404 g/mol. The molecule has 0 N–H and O–H groups in total. The first-order chi connectivity index (χ1) is 13.7. The molecule has 3 heterocycles. The molecular weight excluding hydrogens is 376 g/mol. The number of fused-ring (bicyclic) bond motifs is 1. The maximum atomic E-state index is 13.0. The van der Waals surface area contributed by atoms with Crippen molar-refractivity contribution in [1.82, 2.24) is 0 Å². The van der Waals surface area contributed by atoms with Crippen molar-refractivity contribution >= 4 is 5.97 Å². The highest BCUT2D eigenvalue weighted by Crippen LogP contribution is 2.50. The normalized spacial score (nSPS) is 41.9. The summed E-state index contributed by atoms with van der Waals surface area (Å²) in [7, 11) is 0. The zero-order valence-corrected chi connectivity index (χ0v) is 17.3. The van der Waals surface area contributed by atoms with Crippen molar-refractivity contribution in [3.8, 4) is 0 Å². The number of ether oxygens (including phenoxy) is 6. The Morgan fingerprint density at radius 1 is 1.03 bits per heavy atom. The van der Waals surface area contributed by atoms with E-state index in [1.807, 2.05) is 58.0 Å². The summed E-state index contributed by atoms with van der Waals surface area (Å²) in [5.41, 5.74) is 1.16. The third-order valence-corrected chi connectivity index (χ3v) is 6.05. The summed E-state index contributed by atoms with van der Waals surface area (Å²) in [5, 5.41) is 0. The molecule has 1 spiro atoms. The molecule has 0 aromatic heterocycles. The lowest BCUT2D eigenvalue weighted by Gasteiger charge is -2.43. The third kappa shape index (κ3) is 3.49. The van der Waals surface area contributed by atoms with Gasteiger partial charge in [0.05, 0.1) is 12.5 Å². The van der Waals surface area contributed by atoms with Gasteiger partial charge in [-0.25, -0.2) is 0 Å². The first-order valence-electron chi connectivity index (χ1n) is 10.3. The maximum Gasteiger partial charge on any atom is 0.310 e. The summed E-state index contributed by atoms with van der Waals surface area (Å²) in [6.45, 7) is 7.78. The Labute approximate surface area is 170 Å². The number of carbonyl (C=O) groups is 1. The largest absolute Gasteiger partial charge is 0.453 e. The lowest BCUT2D eigenvalue weighted by Crippen LogP contribution is -2.63. The van der Waals surface area contributed by atoms with Gasteiger partial charge < -0.3 is 28.4 Å². The van der Waals surface area contributed by atoms with Gasteiger partial charge in [0.15, 0.2) is 17.7 Å². The second-order valence-electron chi connectivity index (χ2n) is 9.27. The second-order valence-corrected chi connectivity index (χ2v) is 9.27. The van der Waals surface area contributed by atoms with E-state index in [1.165, 1.54) is 0 Å². The Morgan fingerprint density at radius 3 is 2.48 bits per heavy atom. The average Bonchev–Trinajstić information content (AvgIpc) is 3.32. The minimum atomic E-state index is -1.19. The fourth-order valence-electron chi connectivity index (χ4n) is 4.66. The second kappa shape index (κ2) is 6.49. The SMILES string of the molecule is CC1(C)O[C@@H]2[C@@H](CO[C@]3(COC(C)(C)O3)[C@H]2OC(=O)[C@H]2C[C@@H]2c2ccccc2)O1. The minimum absolute atomic E-state index is 0.164. The lowest BCUT2D eigenvalue weighted by atomic mass is 9.97. The number of benzene rings is 1. The van der Waals surface area contributed by atoms with Crippen molar-refractivity contribution in [1.29, 1.82) is 0 Å². The van der Waals surface area contributed by atoms with Crippen molar-refractivity contribution in [3.05, 3.63) is 35.9 Å². The maximum absolute atomic E-state index is 13.0. The van der Waals surface area contributed by atoms with Gasteiger partial charge in [-0.15, -0.1) is 0 Å². The van der Waals surface area contributed by atoms with Gasteiger partial charge in [0.1, 0.15) is 18.8 Å². The smallest absolute Gasteiger partial charge is 0.310 e. The zero-order valence-electron chi connectivity index (χ0n) is 17.3. The van der Waals surface area contributed by atoms with Crippen LogP contribution in [0.25, 0.3) is 0 Å². The Bertz CT molecular complexity index is 790. The summed E-state index contributed by atoms with van der Waals surface area (Å²) in [5.74, 6) is -3.04. The minimum Gasteiger partial charge on any atom is -0.453 e. The fraction of sp³-hybridized carbons (Fsp3) is 0.682. The summed E-state index contributed by atoms with van der Waals surface area (Å²) in [6, 6.07) is 10.0. The molecule has 3 aliphatic heterocycles. The fourth-order valence-corrected chi connectivity index (χ4v) is 4.66. The van der Waals surface area contributed by atoms with Crippen molar-refractivity contribution < 1.29 is 33.2 Å². The standard InChI is InChI=1S/C22H28O7/c1-20(2)25-12-22(29-20)18(17-16(11-24-22)27-21(3,4)28-17)26-19(23)15-10-14(15)13-8-6-5-7-9-13/h5-9,14-18H,10-12H2,1-4H3/t14-,15+,16-,17-,18+,22+/m1/s1. The molecule has 4 fully saturated rings. The van der Waals surface area contributed by atoms with E-state index in [0.717, 1.165) is 12.0 Å². The summed E-state index contributed by atoms with van der Waals surface area (Å²) in [6.07, 6.45) is -0.795. The van der Waals surface area contributed by atoms with Gasteiger partial charge in [0.2, 0.25) is 5.79 Å². The summed E-state index contributed by atoms with van der Waals surface area (Å²) >= 11 is 0. The number of rotatable bonds is 3. The molecule has 1 saturated carbocycles. The van der Waals surface area contributed by atoms with Crippen LogP contribution >= 0.6 is 0 Å². The predicted octanol–water partition coefficient (Wildman–Crippen LogP) is 2.73. The molecule has 4 aliphatic rings. The molecule has 0 unspecified atom stereocenters. The van der Waals surface area contributed by atoms with Gasteiger partial charge in [-0.2, -0.15) is 0 Å². The van der Waals surface area contributed by atoms with E-state index in [0.29, 0.717) is 0 Å². The first-order valence-corrected chi connectivity index (χ1v) is 10.3. The molecule has 0 bridgehead atoms. The van der Waals surface area contributed by atoms with E-state index in [2.05, 4.69) is 0 Å². The molecule has 158 valence electrons. The van der Waals surface area contributed by atoms with E-state index in [4.69, 9.17) is 28.4 Å². The predicted molar refractivity (Wildman–Crippen MR) is 101 cm³/mol. The van der Waals surface area contributed by atoms with E-state index in [-0.39, 0.29) is 37.1 Å². The lowest BCUT2D eigenvalue weighted by molar-refractivity contribution is -0.328. The van der Waals surface area contributed by atoms with Gasteiger partial charge >= 0.3 is 5.97 Å². The molecule has 1 aromatic carbocycles. The molecule has 1 aliphatic carbocycles. The Morgan fingerprint density at radius 2 is 1.79 bits per heavy atom. The molecule has 5 rings (SSSR count). The van der Waals surface area contributed by atoms with Crippen molar-refractivity contribution in [2.75, 3.05) is 13.2 Å². The quantitative estimate of drug-likeness (QED) is 0.717. The van der Waals surface area contributed by atoms with Crippen LogP contribution in [0.4, 0.5) is 0 Å². The van der Waals surface area contributed by atoms with Gasteiger partial charge in [0, 0.05) is 0 Å². The van der Waals surface area contributed by atoms with Crippen LogP contribution < -0.4 is 0 Å². The van der Waals surface area contributed by atoms with Crippen molar-refractivity contribution in [2.24, 2.45) is 5.92 Å². The molecule has 3 saturated heterocycles.